The molecule has 1 N–H and O–H groups in total. The molecule has 0 aliphatic carbocycles. The van der Waals surface area contributed by atoms with Crippen molar-refractivity contribution < 1.29 is 9.53 Å². The van der Waals surface area contributed by atoms with Crippen molar-refractivity contribution in [3.63, 3.8) is 0 Å². The number of unbranched alkanes of at least 4 members (excludes halogenated alkanes) is 1. The molecule has 0 spiro atoms. The normalized spacial score (nSPS) is 9.64. The van der Waals surface area contributed by atoms with Crippen molar-refractivity contribution in [1.29, 1.82) is 0 Å². The lowest BCUT2D eigenvalue weighted by Crippen LogP contribution is -2.25. The Morgan fingerprint density at radius 1 is 1.45 bits per heavy atom. The summed E-state index contributed by atoms with van der Waals surface area (Å²) in [6.07, 6.45) is 2.63. The Bertz CT molecular complexity index is 104. The number of carbonyl (C=O) groups is 1. The summed E-state index contributed by atoms with van der Waals surface area (Å²) in [6, 6.07) is 0. The molecule has 0 radical (unpaired) electrons. The summed E-state index contributed by atoms with van der Waals surface area (Å²) in [5, 5.41) is 2.66. The van der Waals surface area contributed by atoms with Crippen LogP contribution in [-0.4, -0.2) is 19.2 Å². The maximum atomic E-state index is 10.9. The summed E-state index contributed by atoms with van der Waals surface area (Å²) in [5.74, 6) is 0.0836. The highest BCUT2D eigenvalue weighted by Gasteiger charge is 1.97. The van der Waals surface area contributed by atoms with Gasteiger partial charge >= 0.3 is 0 Å². The van der Waals surface area contributed by atoms with Gasteiger partial charge in [0.15, 0.2) is 0 Å². The maximum Gasteiger partial charge on any atom is 0.221 e. The number of carbonyl (C=O) groups excluding carboxylic acids is 1. The molecule has 0 saturated heterocycles. The van der Waals surface area contributed by atoms with Gasteiger partial charge in [-0.1, -0.05) is 13.3 Å². The van der Waals surface area contributed by atoms with Crippen LogP contribution < -0.4 is 5.32 Å². The molecular formula is C8H17NO2. The minimum atomic E-state index is 0.0836. The van der Waals surface area contributed by atoms with Gasteiger partial charge in [-0.3, -0.25) is 4.79 Å². The molecule has 3 nitrogen and oxygen atoms in total. The molecule has 3 heteroatoms. The second-order valence-electron chi connectivity index (χ2n) is 2.34. The molecule has 0 saturated carbocycles. The Kier molecular flexibility index (Phi) is 7.15. The first-order chi connectivity index (χ1) is 5.31. The summed E-state index contributed by atoms with van der Waals surface area (Å²) in [4.78, 5) is 10.9. The molecule has 11 heavy (non-hydrogen) atoms. The van der Waals surface area contributed by atoms with Crippen LogP contribution in [0.1, 0.15) is 33.1 Å². The van der Waals surface area contributed by atoms with Gasteiger partial charge in [0.25, 0.3) is 0 Å². The summed E-state index contributed by atoms with van der Waals surface area (Å²) < 4.78 is 4.95. The minimum Gasteiger partial charge on any atom is -0.362 e. The average Bonchev–Trinajstić information content (AvgIpc) is 2.01. The highest BCUT2D eigenvalue weighted by atomic mass is 16.5. The van der Waals surface area contributed by atoms with Gasteiger partial charge in [-0.05, 0) is 13.3 Å². The van der Waals surface area contributed by atoms with Crippen molar-refractivity contribution in [1.82, 2.24) is 5.32 Å². The van der Waals surface area contributed by atoms with Crippen LogP contribution in [0.2, 0.25) is 0 Å². The number of hydrogen-bond donors (Lipinski definition) is 1. The van der Waals surface area contributed by atoms with E-state index in [-0.39, 0.29) is 5.91 Å². The van der Waals surface area contributed by atoms with E-state index in [2.05, 4.69) is 12.2 Å². The largest absolute Gasteiger partial charge is 0.362 e. The Morgan fingerprint density at radius 3 is 2.73 bits per heavy atom. The SMILES string of the molecule is CCCCC(=O)NCOCC. The van der Waals surface area contributed by atoms with Gasteiger partial charge < -0.3 is 10.1 Å². The Hall–Kier alpha value is -0.570. The predicted octanol–water partition coefficient (Wildman–Crippen LogP) is 1.29. The molecule has 1 amide bonds. The van der Waals surface area contributed by atoms with Crippen LogP contribution in [0, 0.1) is 0 Å². The van der Waals surface area contributed by atoms with Crippen molar-refractivity contribution >= 4 is 5.91 Å². The standard InChI is InChI=1S/C8H17NO2/c1-3-5-6-8(10)9-7-11-4-2/h3-7H2,1-2H3,(H,9,10). The number of amides is 1. The van der Waals surface area contributed by atoms with Crippen molar-refractivity contribution in [2.45, 2.75) is 33.1 Å². The van der Waals surface area contributed by atoms with Gasteiger partial charge in [-0.2, -0.15) is 0 Å². The van der Waals surface area contributed by atoms with Gasteiger partial charge in [0.2, 0.25) is 5.91 Å². The van der Waals surface area contributed by atoms with E-state index in [0.717, 1.165) is 12.8 Å². The molecule has 0 bridgehead atoms. The van der Waals surface area contributed by atoms with Crippen molar-refractivity contribution in [3.05, 3.63) is 0 Å². The molecular weight excluding hydrogens is 142 g/mol. The van der Waals surface area contributed by atoms with E-state index in [0.29, 0.717) is 19.8 Å². The Morgan fingerprint density at radius 2 is 2.18 bits per heavy atom. The van der Waals surface area contributed by atoms with E-state index >= 15 is 0 Å². The van der Waals surface area contributed by atoms with Gasteiger partial charge in [-0.25, -0.2) is 0 Å². The summed E-state index contributed by atoms with van der Waals surface area (Å²) in [5.41, 5.74) is 0. The topological polar surface area (TPSA) is 38.3 Å². The van der Waals surface area contributed by atoms with Crippen molar-refractivity contribution in [2.75, 3.05) is 13.3 Å². The van der Waals surface area contributed by atoms with Crippen molar-refractivity contribution in [3.8, 4) is 0 Å². The lowest BCUT2D eigenvalue weighted by atomic mass is 10.2. The summed E-state index contributed by atoms with van der Waals surface area (Å²) in [6.45, 7) is 4.96. The van der Waals surface area contributed by atoms with Crippen LogP contribution >= 0.6 is 0 Å². The fourth-order valence-electron chi connectivity index (χ4n) is 0.659. The first-order valence-electron chi connectivity index (χ1n) is 4.15. The van der Waals surface area contributed by atoms with E-state index in [1.54, 1.807) is 0 Å². The van der Waals surface area contributed by atoms with Gasteiger partial charge in [-0.15, -0.1) is 0 Å². The highest BCUT2D eigenvalue weighted by molar-refractivity contribution is 5.75. The second kappa shape index (κ2) is 7.54. The highest BCUT2D eigenvalue weighted by Crippen LogP contribution is 1.92. The fourth-order valence-corrected chi connectivity index (χ4v) is 0.659. The Balaban J connectivity index is 3.09. The molecule has 0 aliphatic rings. The first-order valence-corrected chi connectivity index (χ1v) is 4.15. The second-order valence-corrected chi connectivity index (χ2v) is 2.34. The van der Waals surface area contributed by atoms with Crippen LogP contribution in [0.25, 0.3) is 0 Å². The zero-order chi connectivity index (χ0) is 8.53. The maximum absolute atomic E-state index is 10.9. The summed E-state index contributed by atoms with van der Waals surface area (Å²) >= 11 is 0. The lowest BCUT2D eigenvalue weighted by Gasteiger charge is -2.03. The fraction of sp³-hybridized carbons (Fsp3) is 0.875. The number of rotatable bonds is 6. The van der Waals surface area contributed by atoms with E-state index in [1.165, 1.54) is 0 Å². The predicted molar refractivity (Wildman–Crippen MR) is 44.2 cm³/mol. The molecule has 0 aromatic heterocycles. The van der Waals surface area contributed by atoms with Crippen molar-refractivity contribution in [2.24, 2.45) is 0 Å². The third kappa shape index (κ3) is 7.33. The van der Waals surface area contributed by atoms with E-state index in [9.17, 15) is 4.79 Å². The molecule has 0 atom stereocenters. The third-order valence-corrected chi connectivity index (χ3v) is 1.33. The van der Waals surface area contributed by atoms with Crippen LogP contribution in [0.4, 0.5) is 0 Å². The molecule has 0 unspecified atom stereocenters. The third-order valence-electron chi connectivity index (χ3n) is 1.33. The van der Waals surface area contributed by atoms with Crippen LogP contribution in [-0.2, 0) is 9.53 Å². The minimum absolute atomic E-state index is 0.0836. The first kappa shape index (κ1) is 10.4. The van der Waals surface area contributed by atoms with Crippen LogP contribution in [0.15, 0.2) is 0 Å². The molecule has 0 aromatic rings. The molecule has 0 heterocycles. The van der Waals surface area contributed by atoms with Gasteiger partial charge in [0.1, 0.15) is 6.73 Å². The molecule has 0 aromatic carbocycles. The lowest BCUT2D eigenvalue weighted by molar-refractivity contribution is -0.122. The molecule has 66 valence electrons. The van der Waals surface area contributed by atoms with Gasteiger partial charge in [0.05, 0.1) is 0 Å². The number of hydrogen-bond acceptors (Lipinski definition) is 2. The molecule has 0 fully saturated rings. The zero-order valence-electron chi connectivity index (χ0n) is 7.35. The smallest absolute Gasteiger partial charge is 0.221 e. The summed E-state index contributed by atoms with van der Waals surface area (Å²) in [7, 11) is 0. The van der Waals surface area contributed by atoms with E-state index in [4.69, 9.17) is 4.74 Å². The van der Waals surface area contributed by atoms with Crippen LogP contribution in [0.5, 0.6) is 0 Å². The average molecular weight is 159 g/mol. The number of ether oxygens (including phenoxy) is 1. The monoisotopic (exact) mass is 159 g/mol. The quantitative estimate of drug-likeness (QED) is 0.468. The zero-order valence-corrected chi connectivity index (χ0v) is 7.35. The van der Waals surface area contributed by atoms with Crippen LogP contribution in [0.3, 0.4) is 0 Å². The molecule has 0 rings (SSSR count). The number of nitrogens with one attached hydrogen (secondary N) is 1. The van der Waals surface area contributed by atoms with E-state index < -0.39 is 0 Å². The van der Waals surface area contributed by atoms with E-state index in [1.807, 2.05) is 6.92 Å². The van der Waals surface area contributed by atoms with Gasteiger partial charge in [0, 0.05) is 13.0 Å². The molecule has 0 aliphatic heterocycles. The Labute approximate surface area is 68.1 Å².